The zero-order chi connectivity index (χ0) is 10.1. The average molecular weight is 210 g/mol. The molecule has 0 spiro atoms. The largest absolute Gasteiger partial charge is 1.00 e. The van der Waals surface area contributed by atoms with Gasteiger partial charge in [0.2, 0.25) is 0 Å². The summed E-state index contributed by atoms with van der Waals surface area (Å²) in [4.78, 5) is 11.8. The summed E-state index contributed by atoms with van der Waals surface area (Å²) in [6, 6.07) is 0. The molecule has 0 aliphatic carbocycles. The molecule has 0 unspecified atom stereocenters. The molecule has 0 fully saturated rings. The number of esters is 1. The van der Waals surface area contributed by atoms with Gasteiger partial charge in [-0.1, -0.05) is 6.58 Å². The van der Waals surface area contributed by atoms with E-state index in [4.69, 9.17) is 0 Å². The van der Waals surface area contributed by atoms with E-state index >= 15 is 0 Å². The zero-order valence-electron chi connectivity index (χ0n) is 9.11. The van der Waals surface area contributed by atoms with Crippen LogP contribution in [0.1, 0.15) is 13.8 Å². The van der Waals surface area contributed by atoms with Gasteiger partial charge in [0, 0.05) is 5.57 Å². The molecule has 0 aliphatic heterocycles. The number of carbonyl (C=O) groups excluding carboxylic acids is 1. The maximum absolute atomic E-state index is 10.4. The summed E-state index contributed by atoms with van der Waals surface area (Å²) in [5.74, 6) is -0.312. The second-order valence-corrected chi connectivity index (χ2v) is 3.00. The molecule has 0 rings (SSSR count). The number of quaternary nitrogens is 1. The number of carbonyl (C=O) groups is 1. The van der Waals surface area contributed by atoms with Crippen molar-refractivity contribution >= 4 is 5.97 Å². The molecule has 13 heavy (non-hydrogen) atoms. The minimum Gasteiger partial charge on any atom is -1.00 e. The van der Waals surface area contributed by atoms with Gasteiger partial charge < -0.3 is 22.0 Å². The van der Waals surface area contributed by atoms with Crippen LogP contribution >= 0.6 is 0 Å². The number of ether oxygens (including phenoxy) is 1. The fourth-order valence-corrected chi connectivity index (χ4v) is 0.254. The molecule has 0 bridgehead atoms. The van der Waals surface area contributed by atoms with E-state index in [2.05, 4.69) is 32.5 Å². The molecule has 4 heteroatoms. The summed E-state index contributed by atoms with van der Waals surface area (Å²) in [5, 5.41) is 0. The average Bonchev–Trinajstić information content (AvgIpc) is 1.86. The molecule has 0 atom stereocenters. The summed E-state index contributed by atoms with van der Waals surface area (Å²) in [6.07, 6.45) is 0. The van der Waals surface area contributed by atoms with Gasteiger partial charge in [-0.15, -0.1) is 0 Å². The smallest absolute Gasteiger partial charge is 0.333 e. The first-order valence-electron chi connectivity index (χ1n) is 4.01. The second kappa shape index (κ2) is 11.5. The van der Waals surface area contributed by atoms with Crippen LogP contribution in [-0.2, 0) is 9.53 Å². The first kappa shape index (κ1) is 18.3. The number of halogens is 1. The number of nitrogens with one attached hydrogen (secondary N) is 1. The summed E-state index contributed by atoms with van der Waals surface area (Å²) in [5.41, 5.74) is 0.451. The lowest BCUT2D eigenvalue weighted by Crippen LogP contribution is -3.02. The van der Waals surface area contributed by atoms with Crippen LogP contribution in [0.15, 0.2) is 12.2 Å². The fraction of sp³-hybridized carbons (Fsp3) is 0.667. The van der Waals surface area contributed by atoms with Crippen LogP contribution in [0.25, 0.3) is 0 Å². The summed E-state index contributed by atoms with van der Waals surface area (Å²) >= 11 is 0. The Morgan fingerprint density at radius 3 is 1.77 bits per heavy atom. The van der Waals surface area contributed by atoms with E-state index in [0.29, 0.717) is 12.2 Å². The predicted molar refractivity (Wildman–Crippen MR) is 50.2 cm³/mol. The lowest BCUT2D eigenvalue weighted by Gasteiger charge is -1.96. The van der Waals surface area contributed by atoms with Crippen LogP contribution in [0.3, 0.4) is 0 Å². The van der Waals surface area contributed by atoms with Crippen molar-refractivity contribution in [2.75, 3.05) is 27.7 Å². The second-order valence-electron chi connectivity index (χ2n) is 3.00. The Balaban J connectivity index is -0.000000173. The molecule has 0 radical (unpaired) electrons. The molecule has 3 nitrogen and oxygen atoms in total. The van der Waals surface area contributed by atoms with Gasteiger partial charge in [-0.25, -0.2) is 4.79 Å². The lowest BCUT2D eigenvalue weighted by atomic mass is 10.4. The van der Waals surface area contributed by atoms with Crippen molar-refractivity contribution in [3.63, 3.8) is 0 Å². The van der Waals surface area contributed by atoms with Crippen LogP contribution < -0.4 is 17.3 Å². The lowest BCUT2D eigenvalue weighted by molar-refractivity contribution is -0.836. The third kappa shape index (κ3) is 24.6. The minimum atomic E-state index is -0.312. The first-order valence-corrected chi connectivity index (χ1v) is 4.01. The molecule has 0 aliphatic rings. The van der Waals surface area contributed by atoms with E-state index < -0.39 is 0 Å². The fourth-order valence-electron chi connectivity index (χ4n) is 0.254. The van der Waals surface area contributed by atoms with E-state index in [0.717, 1.165) is 0 Å². The molecule has 0 saturated carbocycles. The molecule has 0 aromatic carbocycles. The number of hydrogen-bond donors (Lipinski definition) is 1. The highest BCUT2D eigenvalue weighted by molar-refractivity contribution is 5.86. The van der Waals surface area contributed by atoms with Crippen molar-refractivity contribution in [2.24, 2.45) is 0 Å². The quantitative estimate of drug-likeness (QED) is 0.386. The van der Waals surface area contributed by atoms with E-state index in [-0.39, 0.29) is 18.4 Å². The van der Waals surface area contributed by atoms with Gasteiger partial charge in [0.05, 0.1) is 27.7 Å². The standard InChI is InChI=1S/C6H10O2.C3H9N.ClH/c1-4-8-6(7)5(2)3;1-4(2)3;/h2,4H2,1,3H3;1-3H3;1H. The van der Waals surface area contributed by atoms with Gasteiger partial charge in [0.15, 0.2) is 0 Å². The van der Waals surface area contributed by atoms with Gasteiger partial charge in [0.25, 0.3) is 0 Å². The highest BCUT2D eigenvalue weighted by Gasteiger charge is 1.98. The summed E-state index contributed by atoms with van der Waals surface area (Å²) in [6.45, 7) is 7.21. The predicted octanol–water partition coefficient (Wildman–Crippen LogP) is -3.11. The zero-order valence-corrected chi connectivity index (χ0v) is 9.86. The summed E-state index contributed by atoms with van der Waals surface area (Å²) < 4.78 is 4.56. The monoisotopic (exact) mass is 209 g/mol. The van der Waals surface area contributed by atoms with Crippen LogP contribution in [0.4, 0.5) is 0 Å². The molecule has 80 valence electrons. The molecule has 0 heterocycles. The van der Waals surface area contributed by atoms with Crippen LogP contribution in [0.2, 0.25) is 0 Å². The van der Waals surface area contributed by atoms with Crippen molar-refractivity contribution in [3.8, 4) is 0 Å². The topological polar surface area (TPSA) is 30.7 Å². The molecule has 1 N–H and O–H groups in total. The third-order valence-electron chi connectivity index (χ3n) is 0.624. The van der Waals surface area contributed by atoms with E-state index in [9.17, 15) is 4.79 Å². The molecular formula is C9H20ClNO2. The molecule has 0 saturated heterocycles. The Bertz CT molecular complexity index is 144. The Kier molecular flexibility index (Phi) is 16.1. The summed E-state index contributed by atoms with van der Waals surface area (Å²) in [7, 11) is 6.25. The maximum Gasteiger partial charge on any atom is 0.333 e. The highest BCUT2D eigenvalue weighted by Crippen LogP contribution is 1.89. The molecule has 0 aromatic heterocycles. The van der Waals surface area contributed by atoms with Gasteiger partial charge in [-0.05, 0) is 13.8 Å². The van der Waals surface area contributed by atoms with Crippen molar-refractivity contribution in [2.45, 2.75) is 13.8 Å². The van der Waals surface area contributed by atoms with E-state index in [1.807, 2.05) is 0 Å². The van der Waals surface area contributed by atoms with Gasteiger partial charge in [-0.3, -0.25) is 0 Å². The molecular weight excluding hydrogens is 190 g/mol. The van der Waals surface area contributed by atoms with Gasteiger partial charge in [-0.2, -0.15) is 0 Å². The van der Waals surface area contributed by atoms with Crippen molar-refractivity contribution < 1.29 is 26.8 Å². The van der Waals surface area contributed by atoms with Gasteiger partial charge in [0.1, 0.15) is 0 Å². The first-order chi connectivity index (χ1) is 5.41. The number of rotatable bonds is 2. The minimum absolute atomic E-state index is 0. The molecule has 0 aromatic rings. The van der Waals surface area contributed by atoms with Crippen molar-refractivity contribution in [3.05, 3.63) is 12.2 Å². The van der Waals surface area contributed by atoms with Crippen molar-refractivity contribution in [1.29, 1.82) is 0 Å². The Hall–Kier alpha value is -0.540. The van der Waals surface area contributed by atoms with Crippen LogP contribution in [0.5, 0.6) is 0 Å². The van der Waals surface area contributed by atoms with E-state index in [1.165, 1.54) is 4.90 Å². The normalized spacial score (nSPS) is 7.85. The Morgan fingerprint density at radius 2 is 1.69 bits per heavy atom. The van der Waals surface area contributed by atoms with Gasteiger partial charge >= 0.3 is 5.97 Å². The Labute approximate surface area is 87.2 Å². The van der Waals surface area contributed by atoms with E-state index in [1.54, 1.807) is 13.8 Å². The van der Waals surface area contributed by atoms with Crippen molar-refractivity contribution in [1.82, 2.24) is 0 Å². The SMILES string of the molecule is C=C(C)C(=O)OCC.C[NH+](C)C.[Cl-]. The molecule has 0 amide bonds. The van der Waals surface area contributed by atoms with Crippen LogP contribution in [-0.4, -0.2) is 33.7 Å². The third-order valence-corrected chi connectivity index (χ3v) is 0.624. The highest BCUT2D eigenvalue weighted by atomic mass is 35.5. The maximum atomic E-state index is 10.4. The van der Waals surface area contributed by atoms with Crippen LogP contribution in [0, 0.1) is 0 Å². The Morgan fingerprint density at radius 1 is 1.38 bits per heavy atom. The number of hydrogen-bond acceptors (Lipinski definition) is 2.